The summed E-state index contributed by atoms with van der Waals surface area (Å²) in [5, 5.41) is 0.125. The van der Waals surface area contributed by atoms with E-state index in [1.807, 2.05) is 24.3 Å². The lowest BCUT2D eigenvalue weighted by Crippen LogP contribution is -2.41. The Morgan fingerprint density at radius 1 is 0.939 bits per heavy atom. The summed E-state index contributed by atoms with van der Waals surface area (Å²) in [5.41, 5.74) is 9.15. The summed E-state index contributed by atoms with van der Waals surface area (Å²) in [6.07, 6.45) is 8.44. The molecule has 0 aliphatic rings. The quantitative estimate of drug-likeness (QED) is 0.176. The van der Waals surface area contributed by atoms with Gasteiger partial charge >= 0.3 is 0 Å². The standard InChI is InChI=1S/C28H40N2O2Si/c1-28(2,3)33(4,5)32-25(20-12-7-6-9-15-22-16-10-8-11-17-22)27-30-21-26(31-27)23-18-13-14-19-24(23)29/h8,10-11,13-14,16-19,21,25H,6-7,9,12,15,20,29H2,1-5H3. The van der Waals surface area contributed by atoms with Gasteiger partial charge in [-0.1, -0.05) is 82.5 Å². The molecule has 1 unspecified atom stereocenters. The Labute approximate surface area is 200 Å². The Kier molecular flexibility index (Phi) is 8.55. The Morgan fingerprint density at radius 3 is 2.30 bits per heavy atom. The van der Waals surface area contributed by atoms with Crippen LogP contribution < -0.4 is 5.73 Å². The molecule has 0 aliphatic carbocycles. The Bertz CT molecular complexity index is 992. The predicted octanol–water partition coefficient (Wildman–Crippen LogP) is 8.18. The number of nitrogen functional groups attached to an aromatic ring is 1. The van der Waals surface area contributed by atoms with Gasteiger partial charge in [-0.15, -0.1) is 0 Å². The molecular weight excluding hydrogens is 424 g/mol. The van der Waals surface area contributed by atoms with E-state index in [1.54, 1.807) is 6.20 Å². The van der Waals surface area contributed by atoms with Crippen molar-refractivity contribution in [3.63, 3.8) is 0 Å². The lowest BCUT2D eigenvalue weighted by molar-refractivity contribution is 0.139. The van der Waals surface area contributed by atoms with Crippen molar-refractivity contribution >= 4 is 14.0 Å². The van der Waals surface area contributed by atoms with E-state index >= 15 is 0 Å². The monoisotopic (exact) mass is 464 g/mol. The number of benzene rings is 2. The molecule has 0 spiro atoms. The van der Waals surface area contributed by atoms with Gasteiger partial charge < -0.3 is 14.6 Å². The van der Waals surface area contributed by atoms with E-state index < -0.39 is 8.32 Å². The van der Waals surface area contributed by atoms with E-state index in [4.69, 9.17) is 14.6 Å². The van der Waals surface area contributed by atoms with E-state index in [-0.39, 0.29) is 11.1 Å². The molecule has 1 atom stereocenters. The molecule has 0 amide bonds. The van der Waals surface area contributed by atoms with Crippen molar-refractivity contribution in [1.29, 1.82) is 0 Å². The number of rotatable bonds is 11. The molecule has 5 heteroatoms. The molecule has 0 fully saturated rings. The van der Waals surface area contributed by atoms with Crippen molar-refractivity contribution < 1.29 is 8.84 Å². The van der Waals surface area contributed by atoms with Gasteiger partial charge in [-0.2, -0.15) is 0 Å². The van der Waals surface area contributed by atoms with Crippen LogP contribution in [0.2, 0.25) is 18.1 Å². The van der Waals surface area contributed by atoms with Gasteiger partial charge in [-0.25, -0.2) is 4.98 Å². The first-order valence-corrected chi connectivity index (χ1v) is 15.1. The Morgan fingerprint density at radius 2 is 1.61 bits per heavy atom. The van der Waals surface area contributed by atoms with Crippen LogP contribution in [0, 0.1) is 0 Å². The molecule has 0 radical (unpaired) electrons. The molecule has 0 aliphatic heterocycles. The maximum Gasteiger partial charge on any atom is 0.222 e. The summed E-state index contributed by atoms with van der Waals surface area (Å²) in [6, 6.07) is 18.5. The Hall–Kier alpha value is -2.37. The van der Waals surface area contributed by atoms with Crippen molar-refractivity contribution in [2.75, 3.05) is 5.73 Å². The average molecular weight is 465 g/mol. The molecule has 178 valence electrons. The summed E-state index contributed by atoms with van der Waals surface area (Å²) < 4.78 is 13.0. The first-order valence-electron chi connectivity index (χ1n) is 12.2. The second kappa shape index (κ2) is 11.2. The molecule has 1 aromatic heterocycles. The fourth-order valence-electron chi connectivity index (χ4n) is 3.70. The van der Waals surface area contributed by atoms with E-state index in [2.05, 4.69) is 69.2 Å². The second-order valence-electron chi connectivity index (χ2n) is 10.5. The number of aryl methyl sites for hydroxylation is 1. The summed E-state index contributed by atoms with van der Waals surface area (Å²) in [7, 11) is -1.98. The number of unbranched alkanes of at least 4 members (excludes halogenated alkanes) is 3. The highest BCUT2D eigenvalue weighted by atomic mass is 28.4. The SMILES string of the molecule is CC(C)(C)[Si](C)(C)OC(CCCCCCc1ccccc1)c1ncc(-c2ccccc2N)o1. The van der Waals surface area contributed by atoms with E-state index in [9.17, 15) is 0 Å². The molecular formula is C28H40N2O2Si. The number of nitrogens with two attached hydrogens (primary N) is 1. The highest BCUT2D eigenvalue weighted by Gasteiger charge is 2.40. The van der Waals surface area contributed by atoms with Crippen LogP contribution >= 0.6 is 0 Å². The predicted molar refractivity (Wildman–Crippen MR) is 141 cm³/mol. The van der Waals surface area contributed by atoms with Crippen LogP contribution in [0.1, 0.15) is 70.4 Å². The lowest BCUT2D eigenvalue weighted by Gasteiger charge is -2.38. The number of nitrogens with zero attached hydrogens (tertiary/aromatic N) is 1. The molecule has 33 heavy (non-hydrogen) atoms. The molecule has 3 aromatic rings. The number of hydrogen-bond acceptors (Lipinski definition) is 4. The molecule has 4 nitrogen and oxygen atoms in total. The minimum absolute atomic E-state index is 0.125. The van der Waals surface area contributed by atoms with E-state index in [1.165, 1.54) is 24.8 Å². The normalized spacial score (nSPS) is 13.2. The second-order valence-corrected chi connectivity index (χ2v) is 15.2. The van der Waals surface area contributed by atoms with Crippen LogP contribution in [0.15, 0.2) is 65.2 Å². The van der Waals surface area contributed by atoms with E-state index in [0.29, 0.717) is 17.3 Å². The van der Waals surface area contributed by atoms with Crippen LogP contribution in [0.3, 0.4) is 0 Å². The molecule has 0 saturated heterocycles. The van der Waals surface area contributed by atoms with E-state index in [0.717, 1.165) is 24.8 Å². The molecule has 0 bridgehead atoms. The average Bonchev–Trinajstić information content (AvgIpc) is 3.25. The summed E-state index contributed by atoms with van der Waals surface area (Å²) >= 11 is 0. The van der Waals surface area contributed by atoms with Crippen molar-refractivity contribution in [2.24, 2.45) is 0 Å². The van der Waals surface area contributed by atoms with Crippen LogP contribution in [0.4, 0.5) is 5.69 Å². The highest BCUT2D eigenvalue weighted by Crippen LogP contribution is 2.41. The van der Waals surface area contributed by atoms with Crippen LogP contribution in [0.5, 0.6) is 0 Å². The smallest absolute Gasteiger partial charge is 0.222 e. The molecule has 2 aromatic carbocycles. The van der Waals surface area contributed by atoms with Crippen LogP contribution in [-0.2, 0) is 10.8 Å². The van der Waals surface area contributed by atoms with Crippen molar-refractivity contribution in [1.82, 2.24) is 4.98 Å². The molecule has 2 N–H and O–H groups in total. The third-order valence-corrected chi connectivity index (χ3v) is 11.3. The number of hydrogen-bond donors (Lipinski definition) is 1. The maximum absolute atomic E-state index is 6.80. The largest absolute Gasteiger partial charge is 0.438 e. The van der Waals surface area contributed by atoms with Crippen molar-refractivity contribution in [3.8, 4) is 11.3 Å². The third kappa shape index (κ3) is 7.05. The fraction of sp³-hybridized carbons (Fsp3) is 0.464. The zero-order valence-corrected chi connectivity index (χ0v) is 21.9. The zero-order valence-electron chi connectivity index (χ0n) is 20.9. The fourth-order valence-corrected chi connectivity index (χ4v) is 4.99. The maximum atomic E-state index is 6.80. The first kappa shape index (κ1) is 25.3. The zero-order chi connectivity index (χ0) is 23.9. The Balaban J connectivity index is 1.64. The van der Waals surface area contributed by atoms with Crippen molar-refractivity contribution in [2.45, 2.75) is 83.5 Å². The van der Waals surface area contributed by atoms with Crippen LogP contribution in [-0.4, -0.2) is 13.3 Å². The first-order chi connectivity index (χ1) is 15.7. The summed E-state index contributed by atoms with van der Waals surface area (Å²) in [5.74, 6) is 1.37. The summed E-state index contributed by atoms with van der Waals surface area (Å²) in [6.45, 7) is 11.4. The van der Waals surface area contributed by atoms with Crippen molar-refractivity contribution in [3.05, 3.63) is 72.2 Å². The van der Waals surface area contributed by atoms with Gasteiger partial charge in [0.25, 0.3) is 0 Å². The van der Waals surface area contributed by atoms with Gasteiger partial charge in [0.05, 0.1) is 6.20 Å². The molecule has 0 saturated carbocycles. The van der Waals surface area contributed by atoms with Gasteiger partial charge in [-0.3, -0.25) is 0 Å². The molecule has 3 rings (SSSR count). The number of anilines is 1. The van der Waals surface area contributed by atoms with Gasteiger partial charge in [0.1, 0.15) is 6.10 Å². The minimum atomic E-state index is -1.98. The molecule has 1 heterocycles. The van der Waals surface area contributed by atoms with Gasteiger partial charge in [0.15, 0.2) is 14.1 Å². The van der Waals surface area contributed by atoms with Gasteiger partial charge in [0, 0.05) is 11.3 Å². The van der Waals surface area contributed by atoms with Crippen LogP contribution in [0.25, 0.3) is 11.3 Å². The third-order valence-electron chi connectivity index (χ3n) is 6.79. The minimum Gasteiger partial charge on any atom is -0.438 e. The number of para-hydroxylation sites is 1. The lowest BCUT2D eigenvalue weighted by atomic mass is 10.0. The highest BCUT2D eigenvalue weighted by molar-refractivity contribution is 6.74. The van der Waals surface area contributed by atoms with Gasteiger partial charge in [0.2, 0.25) is 5.89 Å². The number of oxazole rings is 1. The number of aromatic nitrogens is 1. The topological polar surface area (TPSA) is 61.3 Å². The van der Waals surface area contributed by atoms with Gasteiger partial charge in [-0.05, 0) is 55.1 Å². The summed E-state index contributed by atoms with van der Waals surface area (Å²) in [4.78, 5) is 4.63.